The van der Waals surface area contributed by atoms with Crippen LogP contribution in [0.2, 0.25) is 5.02 Å². The molecule has 0 atom stereocenters. The Kier molecular flexibility index (Phi) is 5.56. The average molecular weight is 367 g/mol. The van der Waals surface area contributed by atoms with E-state index in [2.05, 4.69) is 15.5 Å². The van der Waals surface area contributed by atoms with Gasteiger partial charge in [0.25, 0.3) is 11.5 Å². The molecule has 3 aromatic rings. The Hall–Kier alpha value is -3.25. The van der Waals surface area contributed by atoms with Gasteiger partial charge in [-0.3, -0.25) is 14.6 Å². The van der Waals surface area contributed by atoms with Crippen LogP contribution in [0.15, 0.2) is 76.9 Å². The topological polar surface area (TPSA) is 76.3 Å². The van der Waals surface area contributed by atoms with Crippen molar-refractivity contribution in [2.45, 2.75) is 6.54 Å². The van der Waals surface area contributed by atoms with Gasteiger partial charge in [0.1, 0.15) is 5.56 Å². The number of halogens is 1. The van der Waals surface area contributed by atoms with Crippen LogP contribution < -0.4 is 11.0 Å². The molecule has 0 spiro atoms. The van der Waals surface area contributed by atoms with Gasteiger partial charge in [-0.2, -0.15) is 5.10 Å². The lowest BCUT2D eigenvalue weighted by atomic mass is 10.2. The van der Waals surface area contributed by atoms with Crippen LogP contribution in [-0.2, 0) is 6.54 Å². The minimum absolute atomic E-state index is 0.0136. The molecule has 26 heavy (non-hydrogen) atoms. The van der Waals surface area contributed by atoms with Gasteiger partial charge in [-0.15, -0.1) is 0 Å². The zero-order chi connectivity index (χ0) is 18.4. The second-order valence-electron chi connectivity index (χ2n) is 5.44. The number of aromatic nitrogens is 2. The smallest absolute Gasteiger partial charge is 0.276 e. The molecule has 0 saturated heterocycles. The number of carbonyl (C=O) groups is 1. The molecule has 2 heterocycles. The summed E-state index contributed by atoms with van der Waals surface area (Å²) >= 11 is 5.87. The van der Waals surface area contributed by atoms with E-state index in [0.29, 0.717) is 17.3 Å². The van der Waals surface area contributed by atoms with E-state index in [1.807, 2.05) is 18.2 Å². The van der Waals surface area contributed by atoms with Gasteiger partial charge in [-0.1, -0.05) is 29.8 Å². The number of hydrogen-bond acceptors (Lipinski definition) is 4. The zero-order valence-corrected chi connectivity index (χ0v) is 14.4. The first-order valence-electron chi connectivity index (χ1n) is 7.82. The Morgan fingerprint density at radius 3 is 2.69 bits per heavy atom. The van der Waals surface area contributed by atoms with Crippen LogP contribution in [0.5, 0.6) is 0 Å². The molecule has 0 radical (unpaired) electrons. The van der Waals surface area contributed by atoms with Crippen molar-refractivity contribution in [2.75, 3.05) is 0 Å². The van der Waals surface area contributed by atoms with E-state index >= 15 is 0 Å². The zero-order valence-electron chi connectivity index (χ0n) is 13.7. The standard InChI is InChI=1S/C19H15ClN4O2/c20-15-8-6-14(7-9-15)13-24-11-3-5-17(19(24)26)18(25)23-22-12-16-4-1-2-10-21-16/h1-12H,13H2,(H,23,25)/b22-12-. The normalized spacial score (nSPS) is 10.8. The number of benzene rings is 1. The summed E-state index contributed by atoms with van der Waals surface area (Å²) < 4.78 is 1.46. The van der Waals surface area contributed by atoms with E-state index in [4.69, 9.17) is 11.6 Å². The summed E-state index contributed by atoms with van der Waals surface area (Å²) in [5, 5.41) is 4.46. The molecule has 1 aromatic carbocycles. The maximum Gasteiger partial charge on any atom is 0.276 e. The molecule has 6 nitrogen and oxygen atoms in total. The Balaban J connectivity index is 1.73. The summed E-state index contributed by atoms with van der Waals surface area (Å²) in [6.07, 6.45) is 4.66. The first-order valence-corrected chi connectivity index (χ1v) is 8.19. The monoisotopic (exact) mass is 366 g/mol. The van der Waals surface area contributed by atoms with Gasteiger partial charge < -0.3 is 4.57 Å². The highest BCUT2D eigenvalue weighted by Crippen LogP contribution is 2.10. The van der Waals surface area contributed by atoms with Crippen molar-refractivity contribution in [1.82, 2.24) is 15.0 Å². The average Bonchev–Trinajstić information content (AvgIpc) is 2.66. The van der Waals surface area contributed by atoms with Gasteiger partial charge in [-0.05, 0) is 42.0 Å². The van der Waals surface area contributed by atoms with E-state index in [-0.39, 0.29) is 5.56 Å². The van der Waals surface area contributed by atoms with Crippen molar-refractivity contribution in [2.24, 2.45) is 5.10 Å². The summed E-state index contributed by atoms with van der Waals surface area (Å²) in [7, 11) is 0. The molecule has 0 saturated carbocycles. The van der Waals surface area contributed by atoms with Gasteiger partial charge in [-0.25, -0.2) is 5.43 Å². The number of rotatable bonds is 5. The number of hydrazone groups is 1. The number of nitrogens with one attached hydrogen (secondary N) is 1. The molecule has 0 aliphatic heterocycles. The van der Waals surface area contributed by atoms with Crippen molar-refractivity contribution < 1.29 is 4.79 Å². The molecule has 1 N–H and O–H groups in total. The van der Waals surface area contributed by atoms with Crippen LogP contribution in [0.25, 0.3) is 0 Å². The number of nitrogens with zero attached hydrogens (tertiary/aromatic N) is 3. The molecule has 3 rings (SSSR count). The third-order valence-electron chi connectivity index (χ3n) is 3.58. The maximum atomic E-state index is 12.5. The summed E-state index contributed by atoms with van der Waals surface area (Å²) in [5.74, 6) is -0.576. The van der Waals surface area contributed by atoms with Gasteiger partial charge in [0.05, 0.1) is 18.5 Å². The van der Waals surface area contributed by atoms with Crippen LogP contribution in [0.4, 0.5) is 0 Å². The summed E-state index contributed by atoms with van der Waals surface area (Å²) in [6.45, 7) is 0.342. The molecule has 0 unspecified atom stereocenters. The molecule has 0 aliphatic carbocycles. The molecule has 0 aliphatic rings. The molecule has 7 heteroatoms. The molecule has 130 valence electrons. The Bertz CT molecular complexity index is 982. The Labute approximate surface area is 154 Å². The molecule has 1 amide bonds. The minimum Gasteiger partial charge on any atom is -0.310 e. The highest BCUT2D eigenvalue weighted by molar-refractivity contribution is 6.30. The summed E-state index contributed by atoms with van der Waals surface area (Å²) in [4.78, 5) is 28.8. The highest BCUT2D eigenvalue weighted by atomic mass is 35.5. The van der Waals surface area contributed by atoms with Crippen LogP contribution in [0, 0.1) is 0 Å². The van der Waals surface area contributed by atoms with Crippen molar-refractivity contribution in [3.8, 4) is 0 Å². The second-order valence-corrected chi connectivity index (χ2v) is 5.87. The Morgan fingerprint density at radius 2 is 1.96 bits per heavy atom. The van der Waals surface area contributed by atoms with Crippen LogP contribution in [0.1, 0.15) is 21.6 Å². The van der Waals surface area contributed by atoms with Crippen LogP contribution >= 0.6 is 11.6 Å². The minimum atomic E-state index is -0.576. The predicted octanol–water partition coefficient (Wildman–Crippen LogP) is 2.71. The van der Waals surface area contributed by atoms with Crippen molar-refractivity contribution in [3.05, 3.63) is 99.2 Å². The quantitative estimate of drug-likeness (QED) is 0.557. The lowest BCUT2D eigenvalue weighted by molar-refractivity contribution is 0.0953. The van der Waals surface area contributed by atoms with Crippen molar-refractivity contribution in [3.63, 3.8) is 0 Å². The first kappa shape index (κ1) is 17.6. The number of pyridine rings is 2. The van der Waals surface area contributed by atoms with Crippen molar-refractivity contribution in [1.29, 1.82) is 0 Å². The van der Waals surface area contributed by atoms with Crippen LogP contribution in [0.3, 0.4) is 0 Å². The fourth-order valence-electron chi connectivity index (χ4n) is 2.29. The van der Waals surface area contributed by atoms with Gasteiger partial charge in [0.2, 0.25) is 0 Å². The van der Waals surface area contributed by atoms with E-state index in [9.17, 15) is 9.59 Å². The summed E-state index contributed by atoms with van der Waals surface area (Å²) in [6, 6.07) is 15.6. The molecule has 0 bridgehead atoms. The van der Waals surface area contributed by atoms with Gasteiger partial charge >= 0.3 is 0 Å². The van der Waals surface area contributed by atoms with E-state index in [0.717, 1.165) is 5.56 Å². The van der Waals surface area contributed by atoms with Crippen molar-refractivity contribution >= 4 is 23.7 Å². The third kappa shape index (κ3) is 4.43. The first-order chi connectivity index (χ1) is 12.6. The SMILES string of the molecule is O=C(N/N=C\c1ccccn1)c1cccn(Cc2ccc(Cl)cc2)c1=O. The lowest BCUT2D eigenvalue weighted by Gasteiger charge is -2.08. The fraction of sp³-hybridized carbons (Fsp3) is 0.0526. The van der Waals surface area contributed by atoms with E-state index in [1.54, 1.807) is 42.7 Å². The number of carbonyl (C=O) groups excluding carboxylic acids is 1. The van der Waals surface area contributed by atoms with Crippen LogP contribution in [-0.4, -0.2) is 21.7 Å². The molecule has 2 aromatic heterocycles. The van der Waals surface area contributed by atoms with E-state index < -0.39 is 11.5 Å². The maximum absolute atomic E-state index is 12.5. The molecule has 0 fully saturated rings. The van der Waals surface area contributed by atoms with E-state index in [1.165, 1.54) is 16.8 Å². The summed E-state index contributed by atoms with van der Waals surface area (Å²) in [5.41, 5.74) is 3.47. The molecular weight excluding hydrogens is 352 g/mol. The fourth-order valence-corrected chi connectivity index (χ4v) is 2.42. The Morgan fingerprint density at radius 1 is 1.15 bits per heavy atom. The lowest BCUT2D eigenvalue weighted by Crippen LogP contribution is -2.30. The second kappa shape index (κ2) is 8.22. The predicted molar refractivity (Wildman–Crippen MR) is 101 cm³/mol. The number of amides is 1. The van der Waals surface area contributed by atoms with Gasteiger partial charge in [0, 0.05) is 17.4 Å². The van der Waals surface area contributed by atoms with Gasteiger partial charge in [0.15, 0.2) is 0 Å². The highest BCUT2D eigenvalue weighted by Gasteiger charge is 2.11. The largest absolute Gasteiger partial charge is 0.310 e. The molecular formula is C19H15ClN4O2. The third-order valence-corrected chi connectivity index (χ3v) is 3.83. The number of hydrogen-bond donors (Lipinski definition) is 1.